The van der Waals surface area contributed by atoms with Crippen molar-refractivity contribution >= 4 is 5.91 Å². The van der Waals surface area contributed by atoms with E-state index in [1.54, 1.807) is 0 Å². The second kappa shape index (κ2) is 39.0. The highest BCUT2D eigenvalue weighted by molar-refractivity contribution is 5.76. The van der Waals surface area contributed by atoms with Crippen molar-refractivity contribution in [3.63, 3.8) is 0 Å². The van der Waals surface area contributed by atoms with Gasteiger partial charge in [-0.1, -0.05) is 219 Å². The molecule has 10 heteroatoms. The number of carbonyl (C=O) groups is 1. The van der Waals surface area contributed by atoms with Gasteiger partial charge >= 0.3 is 0 Å². The normalized spacial score (nSPS) is 21.3. The number of carbonyl (C=O) groups excluding carboxylic acids is 1. The average Bonchev–Trinajstić information content (AvgIpc) is 3.22. The number of hydrogen-bond acceptors (Lipinski definition) is 9. The minimum absolute atomic E-state index is 0.253. The molecule has 7 N–H and O–H groups in total. The van der Waals surface area contributed by atoms with Crippen LogP contribution in [0, 0.1) is 0 Å². The van der Waals surface area contributed by atoms with Gasteiger partial charge in [0.2, 0.25) is 5.91 Å². The fourth-order valence-electron chi connectivity index (χ4n) is 8.26. The van der Waals surface area contributed by atoms with Crippen molar-refractivity contribution in [2.45, 2.75) is 288 Å². The van der Waals surface area contributed by atoms with Gasteiger partial charge in [-0.25, -0.2) is 0 Å². The molecule has 0 aliphatic carbocycles. The molecular weight excluding hydrogens is 735 g/mol. The molecule has 0 aromatic rings. The van der Waals surface area contributed by atoms with Crippen LogP contribution in [0.25, 0.3) is 0 Å². The summed E-state index contributed by atoms with van der Waals surface area (Å²) in [6.45, 7) is 3.62. The van der Waals surface area contributed by atoms with Gasteiger partial charge in [0.1, 0.15) is 30.5 Å². The van der Waals surface area contributed by atoms with Crippen LogP contribution in [-0.4, -0.2) is 98.7 Å². The number of ether oxygens (including phenoxy) is 2. The second-order valence-electron chi connectivity index (χ2n) is 17.8. The summed E-state index contributed by atoms with van der Waals surface area (Å²) in [5.41, 5.74) is 0. The van der Waals surface area contributed by atoms with E-state index in [-0.39, 0.29) is 18.9 Å². The summed E-state index contributed by atoms with van der Waals surface area (Å²) in [6, 6.07) is -0.984. The van der Waals surface area contributed by atoms with Crippen LogP contribution in [0.5, 0.6) is 0 Å². The highest BCUT2D eigenvalue weighted by atomic mass is 16.7. The van der Waals surface area contributed by atoms with E-state index in [1.165, 1.54) is 173 Å². The highest BCUT2D eigenvalue weighted by Gasteiger charge is 2.44. The second-order valence-corrected chi connectivity index (χ2v) is 17.8. The predicted octanol–water partition coefficient (Wildman–Crippen LogP) is 9.70. The number of unbranched alkanes of at least 4 members (excludes halogenated alkanes) is 31. The Bertz CT molecular complexity index is 895. The molecule has 1 aliphatic heterocycles. The molecule has 0 saturated carbocycles. The fraction of sp³-hybridized carbons (Fsp3) is 0.979. The highest BCUT2D eigenvalue weighted by Crippen LogP contribution is 2.23. The zero-order valence-electron chi connectivity index (χ0n) is 37.7. The lowest BCUT2D eigenvalue weighted by atomic mass is 9.98. The van der Waals surface area contributed by atoms with Gasteiger partial charge < -0.3 is 45.4 Å². The number of hydrogen-bond donors (Lipinski definition) is 7. The quantitative estimate of drug-likeness (QED) is 0.0296. The summed E-state index contributed by atoms with van der Waals surface area (Å²) in [7, 11) is 0. The van der Waals surface area contributed by atoms with Crippen molar-refractivity contribution in [2.75, 3.05) is 13.2 Å². The first kappa shape index (κ1) is 55.2. The van der Waals surface area contributed by atoms with Crippen molar-refractivity contribution < 1.29 is 44.9 Å². The molecule has 0 aromatic carbocycles. The monoisotopic (exact) mass is 830 g/mol. The Hall–Kier alpha value is -0.850. The maximum Gasteiger partial charge on any atom is 0.220 e. The van der Waals surface area contributed by atoms with E-state index in [2.05, 4.69) is 19.2 Å². The summed E-state index contributed by atoms with van der Waals surface area (Å²) in [6.07, 6.45) is 32.6. The zero-order valence-corrected chi connectivity index (χ0v) is 37.7. The van der Waals surface area contributed by atoms with Gasteiger partial charge in [0.05, 0.1) is 25.4 Å². The summed E-state index contributed by atoms with van der Waals surface area (Å²) >= 11 is 0. The van der Waals surface area contributed by atoms with Crippen LogP contribution in [0.15, 0.2) is 0 Å². The van der Waals surface area contributed by atoms with Crippen molar-refractivity contribution in [1.82, 2.24) is 5.32 Å². The lowest BCUT2D eigenvalue weighted by molar-refractivity contribution is -0.303. The molecule has 1 aliphatic rings. The van der Waals surface area contributed by atoms with Gasteiger partial charge in [0.15, 0.2) is 6.29 Å². The third-order valence-electron chi connectivity index (χ3n) is 12.3. The van der Waals surface area contributed by atoms with Crippen LogP contribution in [0.2, 0.25) is 0 Å². The van der Waals surface area contributed by atoms with Gasteiger partial charge in [0, 0.05) is 6.42 Å². The van der Waals surface area contributed by atoms with Gasteiger partial charge in [-0.15, -0.1) is 0 Å². The molecule has 1 amide bonds. The average molecular weight is 830 g/mol. The minimum Gasteiger partial charge on any atom is -0.394 e. The number of amides is 1. The molecule has 10 nitrogen and oxygen atoms in total. The number of nitrogens with one attached hydrogen (secondary N) is 1. The molecule has 58 heavy (non-hydrogen) atoms. The van der Waals surface area contributed by atoms with Crippen LogP contribution in [0.3, 0.4) is 0 Å². The Morgan fingerprint density at radius 2 is 0.897 bits per heavy atom. The SMILES string of the molecule is CCCCCCCCCCCCCCCCCCCCCCCC(=O)NC(COC1OC(CO)C(O)C(O)C1O)C(O)C(O)CCCCCCCCCCCCCC. The zero-order chi connectivity index (χ0) is 42.5. The minimum atomic E-state index is -1.60. The molecule has 0 aromatic heterocycles. The third kappa shape index (κ3) is 28.6. The standard InChI is InChI=1S/C48H95NO9/c1-3-5-7-9-11-13-15-17-18-19-20-21-22-23-24-25-27-29-31-33-35-37-43(52)49-40(39-57-48-47(56)46(55)45(54)42(38-50)58-48)44(53)41(51)36-34-32-30-28-26-16-14-12-10-8-6-4-2/h40-42,44-48,50-51,53-56H,3-39H2,1-2H3,(H,49,52). The third-order valence-corrected chi connectivity index (χ3v) is 12.3. The molecule has 0 radical (unpaired) electrons. The first-order valence-corrected chi connectivity index (χ1v) is 24.8. The van der Waals surface area contributed by atoms with Gasteiger partial charge in [0.25, 0.3) is 0 Å². The molecule has 1 fully saturated rings. The van der Waals surface area contributed by atoms with E-state index in [4.69, 9.17) is 9.47 Å². The van der Waals surface area contributed by atoms with Crippen molar-refractivity contribution in [1.29, 1.82) is 0 Å². The van der Waals surface area contributed by atoms with Crippen LogP contribution < -0.4 is 5.32 Å². The lowest BCUT2D eigenvalue weighted by Crippen LogP contribution is -2.60. The van der Waals surface area contributed by atoms with E-state index < -0.39 is 55.6 Å². The molecule has 1 rings (SSSR count). The Morgan fingerprint density at radius 3 is 1.28 bits per heavy atom. The van der Waals surface area contributed by atoms with Crippen LogP contribution >= 0.6 is 0 Å². The Labute approximate surface area is 356 Å². The lowest BCUT2D eigenvalue weighted by Gasteiger charge is -2.40. The van der Waals surface area contributed by atoms with E-state index in [0.717, 1.165) is 38.5 Å². The van der Waals surface area contributed by atoms with Gasteiger partial charge in [-0.3, -0.25) is 4.79 Å². The first-order chi connectivity index (χ1) is 28.3. The van der Waals surface area contributed by atoms with Gasteiger partial charge in [-0.2, -0.15) is 0 Å². The maximum atomic E-state index is 13.0. The fourth-order valence-corrected chi connectivity index (χ4v) is 8.26. The molecule has 8 atom stereocenters. The largest absolute Gasteiger partial charge is 0.394 e. The summed E-state index contributed by atoms with van der Waals surface area (Å²) in [5, 5.41) is 65.2. The van der Waals surface area contributed by atoms with Crippen molar-refractivity contribution in [3.05, 3.63) is 0 Å². The van der Waals surface area contributed by atoms with E-state index in [9.17, 15) is 35.4 Å². The number of aliphatic hydroxyl groups excluding tert-OH is 6. The molecular formula is C48H95NO9. The summed E-state index contributed by atoms with van der Waals surface area (Å²) in [5.74, 6) is -0.253. The molecule has 346 valence electrons. The molecule has 8 unspecified atom stereocenters. The molecule has 0 spiro atoms. The maximum absolute atomic E-state index is 13.0. The first-order valence-electron chi connectivity index (χ1n) is 24.8. The number of rotatable bonds is 42. The van der Waals surface area contributed by atoms with E-state index in [1.807, 2.05) is 0 Å². The molecule has 0 bridgehead atoms. The summed E-state index contributed by atoms with van der Waals surface area (Å²) in [4.78, 5) is 13.0. The van der Waals surface area contributed by atoms with Gasteiger partial charge in [-0.05, 0) is 12.8 Å². The molecule has 1 saturated heterocycles. The van der Waals surface area contributed by atoms with E-state index in [0.29, 0.717) is 6.42 Å². The molecule has 1 heterocycles. The summed E-state index contributed by atoms with van der Waals surface area (Å²) < 4.78 is 11.2. The van der Waals surface area contributed by atoms with Crippen LogP contribution in [0.4, 0.5) is 0 Å². The predicted molar refractivity (Wildman–Crippen MR) is 237 cm³/mol. The Kier molecular flexibility index (Phi) is 37.1. The van der Waals surface area contributed by atoms with E-state index >= 15 is 0 Å². The Balaban J connectivity index is 2.30. The van der Waals surface area contributed by atoms with Crippen molar-refractivity contribution in [3.8, 4) is 0 Å². The topological polar surface area (TPSA) is 169 Å². The number of aliphatic hydroxyl groups is 6. The van der Waals surface area contributed by atoms with Crippen LogP contribution in [-0.2, 0) is 14.3 Å². The van der Waals surface area contributed by atoms with Crippen LogP contribution in [0.1, 0.15) is 239 Å². The van der Waals surface area contributed by atoms with Crippen molar-refractivity contribution in [2.24, 2.45) is 0 Å². The smallest absolute Gasteiger partial charge is 0.220 e. The Morgan fingerprint density at radius 1 is 0.534 bits per heavy atom.